The van der Waals surface area contributed by atoms with Crippen LogP contribution in [-0.4, -0.2) is 22.5 Å². The lowest BCUT2D eigenvalue weighted by Gasteiger charge is -2.37. The van der Waals surface area contributed by atoms with Gasteiger partial charge in [-0.15, -0.1) is 0 Å². The summed E-state index contributed by atoms with van der Waals surface area (Å²) >= 11 is 0. The van der Waals surface area contributed by atoms with Crippen molar-refractivity contribution < 1.29 is 23.5 Å². The van der Waals surface area contributed by atoms with Crippen molar-refractivity contribution in [3.8, 4) is 0 Å². The van der Waals surface area contributed by atoms with Crippen LogP contribution < -0.4 is 11.1 Å². The first-order valence-corrected chi connectivity index (χ1v) is 6.20. The van der Waals surface area contributed by atoms with Gasteiger partial charge in [0.1, 0.15) is 0 Å². The predicted octanol–water partition coefficient (Wildman–Crippen LogP) is 2.37. The third-order valence-corrected chi connectivity index (χ3v) is 3.72. The molecule has 1 rings (SSSR count). The van der Waals surface area contributed by atoms with Gasteiger partial charge in [0.25, 0.3) is 0 Å². The smallest absolute Gasteiger partial charge is 0.337 e. The molecule has 116 valence electrons. The first-order chi connectivity index (χ1) is 9.37. The first-order valence-electron chi connectivity index (χ1n) is 6.20. The van der Waals surface area contributed by atoms with E-state index in [9.17, 15) is 18.4 Å². The van der Waals surface area contributed by atoms with Crippen LogP contribution in [-0.2, 0) is 4.79 Å². The summed E-state index contributed by atoms with van der Waals surface area (Å²) in [5.41, 5.74) is 3.09. The number of aromatic carboxylic acids is 1. The minimum Gasteiger partial charge on any atom is -0.478 e. The molecule has 0 bridgehead atoms. The molecule has 0 fully saturated rings. The Morgan fingerprint density at radius 2 is 1.62 bits per heavy atom. The van der Waals surface area contributed by atoms with E-state index in [4.69, 9.17) is 10.8 Å². The van der Waals surface area contributed by atoms with Gasteiger partial charge < -0.3 is 16.2 Å². The number of carbonyl (C=O) groups is 2. The third kappa shape index (κ3) is 3.36. The molecule has 7 heteroatoms. The van der Waals surface area contributed by atoms with E-state index in [-0.39, 0.29) is 5.69 Å². The molecular formula is C14H18F2N2O3. The highest BCUT2D eigenvalue weighted by molar-refractivity contribution is 6.02. The average molecular weight is 300 g/mol. The van der Waals surface area contributed by atoms with Gasteiger partial charge in [0.15, 0.2) is 11.6 Å². The number of carbonyl (C=O) groups excluding carboxylic acids is 1. The van der Waals surface area contributed by atoms with Gasteiger partial charge in [-0.05, 0) is 33.8 Å². The number of halogens is 2. The fourth-order valence-electron chi connectivity index (χ4n) is 1.40. The maximum atomic E-state index is 13.3. The monoisotopic (exact) mass is 300 g/mol. The van der Waals surface area contributed by atoms with Crippen LogP contribution in [0.1, 0.15) is 38.1 Å². The number of carboxylic acids is 1. The summed E-state index contributed by atoms with van der Waals surface area (Å²) in [5.74, 6) is -4.62. The molecule has 5 nitrogen and oxygen atoms in total. The minimum atomic E-state index is -1.48. The number of carboxylic acid groups (broad SMARTS) is 1. The number of hydrogen-bond donors (Lipinski definition) is 3. The number of anilines is 1. The Morgan fingerprint density at radius 1 is 1.14 bits per heavy atom. The molecule has 21 heavy (non-hydrogen) atoms. The molecule has 0 radical (unpaired) electrons. The van der Waals surface area contributed by atoms with Gasteiger partial charge in [-0.1, -0.05) is 0 Å². The number of benzene rings is 1. The zero-order chi connectivity index (χ0) is 16.6. The Hall–Kier alpha value is -2.02. The minimum absolute atomic E-state index is 0.316. The van der Waals surface area contributed by atoms with E-state index < -0.39 is 40.0 Å². The molecule has 1 aromatic carbocycles. The summed E-state index contributed by atoms with van der Waals surface area (Å²) in [6.45, 7) is 6.41. The van der Waals surface area contributed by atoms with Crippen LogP contribution in [0.5, 0.6) is 0 Å². The normalized spacial score (nSPS) is 12.1. The molecule has 0 saturated carbocycles. The maximum absolute atomic E-state index is 13.3. The van der Waals surface area contributed by atoms with Gasteiger partial charge in [0, 0.05) is 11.6 Å². The van der Waals surface area contributed by atoms with E-state index in [1.807, 2.05) is 0 Å². The standard InChI is InChI=1S/C14H18F2N2O3/c1-13(2,14(3,4)17)12(21)18-10-6-9(16)8(15)5-7(10)11(19)20/h5-6H,17H2,1-4H3,(H,18,21)(H,19,20). The molecule has 0 aliphatic heterocycles. The van der Waals surface area contributed by atoms with E-state index in [2.05, 4.69) is 5.32 Å². The van der Waals surface area contributed by atoms with E-state index >= 15 is 0 Å². The molecule has 0 atom stereocenters. The quantitative estimate of drug-likeness (QED) is 0.796. The van der Waals surface area contributed by atoms with Crippen LogP contribution in [0.15, 0.2) is 12.1 Å². The van der Waals surface area contributed by atoms with E-state index in [1.54, 1.807) is 27.7 Å². The van der Waals surface area contributed by atoms with E-state index in [0.717, 1.165) is 0 Å². The number of amides is 1. The van der Waals surface area contributed by atoms with Crippen LogP contribution in [0.25, 0.3) is 0 Å². The van der Waals surface area contributed by atoms with Crippen molar-refractivity contribution in [3.05, 3.63) is 29.3 Å². The largest absolute Gasteiger partial charge is 0.478 e. The summed E-state index contributed by atoms with van der Waals surface area (Å²) in [4.78, 5) is 23.3. The molecule has 1 aromatic rings. The Labute approximate surface area is 121 Å². The summed E-state index contributed by atoms with van der Waals surface area (Å²) in [6.07, 6.45) is 0. The third-order valence-electron chi connectivity index (χ3n) is 3.72. The van der Waals surface area contributed by atoms with Crippen molar-refractivity contribution in [2.45, 2.75) is 33.2 Å². The van der Waals surface area contributed by atoms with Gasteiger partial charge in [0.2, 0.25) is 5.91 Å². The Morgan fingerprint density at radius 3 is 2.05 bits per heavy atom. The summed E-state index contributed by atoms with van der Waals surface area (Å²) in [5, 5.41) is 11.3. The van der Waals surface area contributed by atoms with Crippen molar-refractivity contribution in [2.24, 2.45) is 11.1 Å². The average Bonchev–Trinajstić information content (AvgIpc) is 2.31. The molecular weight excluding hydrogens is 282 g/mol. The SMILES string of the molecule is CC(C)(N)C(C)(C)C(=O)Nc1cc(F)c(F)cc1C(=O)O. The lowest BCUT2D eigenvalue weighted by atomic mass is 9.74. The van der Waals surface area contributed by atoms with Crippen molar-refractivity contribution in [1.29, 1.82) is 0 Å². The molecule has 0 aliphatic rings. The van der Waals surface area contributed by atoms with E-state index in [0.29, 0.717) is 12.1 Å². The number of rotatable bonds is 4. The number of nitrogens with two attached hydrogens (primary N) is 1. The molecule has 0 aliphatic carbocycles. The Balaban J connectivity index is 3.23. The zero-order valence-corrected chi connectivity index (χ0v) is 12.3. The lowest BCUT2D eigenvalue weighted by Crippen LogP contribution is -2.53. The van der Waals surface area contributed by atoms with Crippen LogP contribution in [0, 0.1) is 17.0 Å². The Kier molecular flexibility index (Phi) is 4.38. The molecule has 0 heterocycles. The summed E-state index contributed by atoms with van der Waals surface area (Å²) in [6, 6.07) is 1.16. The summed E-state index contributed by atoms with van der Waals surface area (Å²) in [7, 11) is 0. The maximum Gasteiger partial charge on any atom is 0.337 e. The van der Waals surface area contributed by atoms with Crippen molar-refractivity contribution >= 4 is 17.6 Å². The van der Waals surface area contributed by atoms with Crippen molar-refractivity contribution in [2.75, 3.05) is 5.32 Å². The predicted molar refractivity (Wildman–Crippen MR) is 74.0 cm³/mol. The topological polar surface area (TPSA) is 92.4 Å². The zero-order valence-electron chi connectivity index (χ0n) is 12.3. The van der Waals surface area contributed by atoms with Gasteiger partial charge in [0.05, 0.1) is 16.7 Å². The van der Waals surface area contributed by atoms with Crippen LogP contribution in [0.3, 0.4) is 0 Å². The van der Waals surface area contributed by atoms with Crippen LogP contribution in [0.4, 0.5) is 14.5 Å². The molecule has 0 saturated heterocycles. The molecule has 4 N–H and O–H groups in total. The molecule has 0 aromatic heterocycles. The highest BCUT2D eigenvalue weighted by Gasteiger charge is 2.40. The second kappa shape index (κ2) is 5.40. The first kappa shape index (κ1) is 17.0. The van der Waals surface area contributed by atoms with E-state index in [1.165, 1.54) is 0 Å². The summed E-state index contributed by atoms with van der Waals surface area (Å²) < 4.78 is 26.4. The highest BCUT2D eigenvalue weighted by atomic mass is 19.2. The molecule has 1 amide bonds. The highest BCUT2D eigenvalue weighted by Crippen LogP contribution is 2.31. The fourth-order valence-corrected chi connectivity index (χ4v) is 1.40. The van der Waals surface area contributed by atoms with Gasteiger partial charge in [-0.25, -0.2) is 13.6 Å². The number of nitrogens with one attached hydrogen (secondary N) is 1. The van der Waals surface area contributed by atoms with Gasteiger partial charge in [-0.2, -0.15) is 0 Å². The Bertz CT molecular complexity index is 593. The second-order valence-corrected chi connectivity index (χ2v) is 5.92. The van der Waals surface area contributed by atoms with Crippen molar-refractivity contribution in [3.63, 3.8) is 0 Å². The molecule has 0 spiro atoms. The second-order valence-electron chi connectivity index (χ2n) is 5.92. The fraction of sp³-hybridized carbons (Fsp3) is 0.429. The van der Waals surface area contributed by atoms with Crippen LogP contribution in [0.2, 0.25) is 0 Å². The van der Waals surface area contributed by atoms with Gasteiger partial charge in [-0.3, -0.25) is 4.79 Å². The van der Waals surface area contributed by atoms with Crippen LogP contribution >= 0.6 is 0 Å². The number of hydrogen-bond acceptors (Lipinski definition) is 3. The van der Waals surface area contributed by atoms with Gasteiger partial charge >= 0.3 is 5.97 Å². The van der Waals surface area contributed by atoms with Crippen molar-refractivity contribution in [1.82, 2.24) is 0 Å². The lowest BCUT2D eigenvalue weighted by molar-refractivity contribution is -0.126. The molecule has 0 unspecified atom stereocenters.